The number of alkyl halides is 3. The van der Waals surface area contributed by atoms with Gasteiger partial charge in [0, 0.05) is 5.38 Å². The SMILES string of the molecule is C=C(ON=C(C(=O)O)c1csc(N)n1)C(=O)O.O=C(O)C(F)(F)F. The molecule has 0 amide bonds. The maximum Gasteiger partial charge on any atom is 0.490 e. The van der Waals surface area contributed by atoms with E-state index in [0.29, 0.717) is 0 Å². The van der Waals surface area contributed by atoms with Crippen LogP contribution in [0.2, 0.25) is 0 Å². The van der Waals surface area contributed by atoms with E-state index >= 15 is 0 Å². The first-order valence-electron chi connectivity index (χ1n) is 5.28. The molecule has 10 nitrogen and oxygen atoms in total. The molecular formula is C10H8F3N3O7S. The number of nitrogens with two attached hydrogens (primary N) is 1. The number of nitrogens with zero attached hydrogens (tertiary/aromatic N) is 2. The van der Waals surface area contributed by atoms with Crippen molar-refractivity contribution in [2.45, 2.75) is 6.18 Å². The number of thiazole rings is 1. The number of hydrogen-bond acceptors (Lipinski definition) is 8. The summed E-state index contributed by atoms with van der Waals surface area (Å²) in [5.74, 6) is -6.33. The van der Waals surface area contributed by atoms with Gasteiger partial charge in [-0.3, -0.25) is 0 Å². The fourth-order valence-electron chi connectivity index (χ4n) is 0.732. The zero-order valence-electron chi connectivity index (χ0n) is 11.3. The van der Waals surface area contributed by atoms with Crippen LogP contribution in [0.25, 0.3) is 0 Å². The van der Waals surface area contributed by atoms with Gasteiger partial charge < -0.3 is 25.9 Å². The molecule has 14 heteroatoms. The number of carboxylic acid groups (broad SMARTS) is 3. The molecule has 0 radical (unpaired) electrons. The van der Waals surface area contributed by atoms with Crippen LogP contribution >= 0.6 is 11.3 Å². The van der Waals surface area contributed by atoms with Crippen molar-refractivity contribution in [3.8, 4) is 0 Å². The topological polar surface area (TPSA) is 172 Å². The summed E-state index contributed by atoms with van der Waals surface area (Å²) in [6, 6.07) is 0. The minimum absolute atomic E-state index is 0.0156. The smallest absolute Gasteiger partial charge is 0.476 e. The van der Waals surface area contributed by atoms with Gasteiger partial charge in [0.1, 0.15) is 5.69 Å². The zero-order chi connectivity index (χ0) is 19.1. The van der Waals surface area contributed by atoms with Crippen molar-refractivity contribution < 1.29 is 47.7 Å². The number of oxime groups is 1. The lowest BCUT2D eigenvalue weighted by Crippen LogP contribution is -2.21. The number of aliphatic carboxylic acids is 3. The van der Waals surface area contributed by atoms with Crippen molar-refractivity contribution in [3.05, 3.63) is 23.4 Å². The van der Waals surface area contributed by atoms with Crippen LogP contribution in [0.4, 0.5) is 18.3 Å². The number of halogens is 3. The van der Waals surface area contributed by atoms with Gasteiger partial charge in [-0.15, -0.1) is 11.3 Å². The van der Waals surface area contributed by atoms with Gasteiger partial charge in [0.2, 0.25) is 11.5 Å². The Morgan fingerprint density at radius 1 is 1.25 bits per heavy atom. The first kappa shape index (κ1) is 20.8. The molecule has 1 aromatic rings. The molecule has 5 N–H and O–H groups in total. The van der Waals surface area contributed by atoms with Crippen molar-refractivity contribution in [2.24, 2.45) is 5.16 Å². The van der Waals surface area contributed by atoms with Crippen LogP contribution in [0.1, 0.15) is 5.69 Å². The predicted molar refractivity (Wildman–Crippen MR) is 72.3 cm³/mol. The monoisotopic (exact) mass is 371 g/mol. The maximum absolute atomic E-state index is 10.8. The Balaban J connectivity index is 0.000000640. The summed E-state index contributed by atoms with van der Waals surface area (Å²) in [5, 5.41) is 29.0. The van der Waals surface area contributed by atoms with Crippen molar-refractivity contribution in [2.75, 3.05) is 5.73 Å². The number of anilines is 1. The van der Waals surface area contributed by atoms with Crippen LogP contribution < -0.4 is 5.73 Å². The molecule has 0 aromatic carbocycles. The number of carbonyl (C=O) groups is 3. The van der Waals surface area contributed by atoms with Gasteiger partial charge in [0.15, 0.2) is 5.13 Å². The highest BCUT2D eigenvalue weighted by atomic mass is 32.1. The normalized spacial score (nSPS) is 11.0. The van der Waals surface area contributed by atoms with Gasteiger partial charge in [0.05, 0.1) is 0 Å². The Hall–Kier alpha value is -3.16. The van der Waals surface area contributed by atoms with Gasteiger partial charge in [-0.2, -0.15) is 13.2 Å². The van der Waals surface area contributed by atoms with Crippen LogP contribution in [-0.4, -0.2) is 50.1 Å². The van der Waals surface area contributed by atoms with Gasteiger partial charge in [-0.25, -0.2) is 19.4 Å². The van der Waals surface area contributed by atoms with Crippen LogP contribution in [-0.2, 0) is 19.2 Å². The summed E-state index contributed by atoms with van der Waals surface area (Å²) >= 11 is 1.02. The van der Waals surface area contributed by atoms with E-state index in [2.05, 4.69) is 21.6 Å². The molecule has 132 valence electrons. The molecule has 1 heterocycles. The summed E-state index contributed by atoms with van der Waals surface area (Å²) in [5.41, 5.74) is 4.76. The Labute approximate surface area is 134 Å². The van der Waals surface area contributed by atoms with E-state index in [0.717, 1.165) is 11.3 Å². The highest BCUT2D eigenvalue weighted by molar-refractivity contribution is 7.13. The van der Waals surface area contributed by atoms with Crippen LogP contribution in [0.15, 0.2) is 22.9 Å². The van der Waals surface area contributed by atoms with Gasteiger partial charge >= 0.3 is 24.1 Å². The second kappa shape index (κ2) is 8.47. The largest absolute Gasteiger partial charge is 0.490 e. The number of aromatic nitrogens is 1. The first-order chi connectivity index (χ1) is 10.9. The van der Waals surface area contributed by atoms with Crippen molar-refractivity contribution in [1.82, 2.24) is 4.98 Å². The third-order valence-corrected chi connectivity index (χ3v) is 2.37. The summed E-state index contributed by atoms with van der Waals surface area (Å²) in [7, 11) is 0. The van der Waals surface area contributed by atoms with Gasteiger partial charge in [-0.05, 0) is 6.58 Å². The third kappa shape index (κ3) is 7.21. The lowest BCUT2D eigenvalue weighted by atomic mass is 10.3. The Morgan fingerprint density at radius 2 is 1.75 bits per heavy atom. The fraction of sp³-hybridized carbons (Fsp3) is 0.100. The average molecular weight is 371 g/mol. The first-order valence-corrected chi connectivity index (χ1v) is 6.16. The van der Waals surface area contributed by atoms with Gasteiger partial charge in [-0.1, -0.05) is 5.16 Å². The van der Waals surface area contributed by atoms with Crippen molar-refractivity contribution in [3.63, 3.8) is 0 Å². The standard InChI is InChI=1S/C8H7N3O5S.C2HF3O2/c1-3(6(12)13)16-11-5(7(14)15)4-2-17-8(9)10-4;3-2(4,5)1(6)7/h2H,1H2,(H2,9,10)(H,12,13)(H,14,15);(H,6,7). The van der Waals surface area contributed by atoms with E-state index in [9.17, 15) is 22.8 Å². The number of nitrogen functional groups attached to an aromatic ring is 1. The second-order valence-electron chi connectivity index (χ2n) is 3.44. The fourth-order valence-corrected chi connectivity index (χ4v) is 1.28. The van der Waals surface area contributed by atoms with Gasteiger partial charge in [0.25, 0.3) is 0 Å². The summed E-state index contributed by atoms with van der Waals surface area (Å²) in [4.78, 5) is 38.1. The minimum Gasteiger partial charge on any atom is -0.476 e. The maximum atomic E-state index is 10.8. The molecule has 0 fully saturated rings. The average Bonchev–Trinajstić information content (AvgIpc) is 2.84. The molecule has 0 aliphatic carbocycles. The molecule has 0 bridgehead atoms. The van der Waals surface area contributed by atoms with Crippen LogP contribution in [0, 0.1) is 0 Å². The van der Waals surface area contributed by atoms with E-state index in [4.69, 9.17) is 25.8 Å². The molecule has 1 rings (SSSR count). The molecule has 0 aliphatic heterocycles. The molecule has 0 aliphatic rings. The Kier molecular flexibility index (Phi) is 7.35. The molecule has 0 spiro atoms. The van der Waals surface area contributed by atoms with Crippen LogP contribution in [0.3, 0.4) is 0 Å². The van der Waals surface area contributed by atoms with Crippen LogP contribution in [0.5, 0.6) is 0 Å². The molecule has 0 saturated heterocycles. The minimum atomic E-state index is -5.08. The molecule has 24 heavy (non-hydrogen) atoms. The molecule has 1 aromatic heterocycles. The second-order valence-corrected chi connectivity index (χ2v) is 4.33. The summed E-state index contributed by atoms with van der Waals surface area (Å²) in [6.45, 7) is 3.02. The van der Waals surface area contributed by atoms with Crippen molar-refractivity contribution in [1.29, 1.82) is 0 Å². The van der Waals surface area contributed by atoms with E-state index in [1.165, 1.54) is 5.38 Å². The molecule has 0 saturated carbocycles. The summed E-state index contributed by atoms with van der Waals surface area (Å²) < 4.78 is 31.7. The van der Waals surface area contributed by atoms with E-state index < -0.39 is 35.6 Å². The molecule has 0 unspecified atom stereocenters. The zero-order valence-corrected chi connectivity index (χ0v) is 12.1. The number of rotatable bonds is 5. The third-order valence-electron chi connectivity index (χ3n) is 1.70. The Morgan fingerprint density at radius 3 is 2.04 bits per heavy atom. The molecular weight excluding hydrogens is 363 g/mol. The number of hydrogen-bond donors (Lipinski definition) is 4. The lowest BCUT2D eigenvalue weighted by Gasteiger charge is -1.98. The van der Waals surface area contributed by atoms with E-state index in [-0.39, 0.29) is 10.8 Å². The van der Waals surface area contributed by atoms with Crippen molar-refractivity contribution >= 4 is 40.1 Å². The molecule has 0 atom stereocenters. The highest BCUT2D eigenvalue weighted by Crippen LogP contribution is 2.13. The van der Waals surface area contributed by atoms with E-state index in [1.54, 1.807) is 0 Å². The quantitative estimate of drug-likeness (QED) is 0.252. The van der Waals surface area contributed by atoms with E-state index in [1.807, 2.05) is 0 Å². The Bertz CT molecular complexity index is 683. The number of carboxylic acids is 3. The predicted octanol–water partition coefficient (Wildman–Crippen LogP) is 0.762. The lowest BCUT2D eigenvalue weighted by molar-refractivity contribution is -0.192. The highest BCUT2D eigenvalue weighted by Gasteiger charge is 2.38. The summed E-state index contributed by atoms with van der Waals surface area (Å²) in [6.07, 6.45) is -5.08.